The van der Waals surface area contributed by atoms with Crippen LogP contribution in [-0.4, -0.2) is 50.1 Å². The van der Waals surface area contributed by atoms with Gasteiger partial charge in [-0.2, -0.15) is 0 Å². The summed E-state index contributed by atoms with van der Waals surface area (Å²) in [6.07, 6.45) is 13.2. The van der Waals surface area contributed by atoms with Crippen molar-refractivity contribution in [2.45, 2.75) is 96.9 Å². The molecule has 0 fully saturated rings. The number of aliphatic hydroxyl groups is 1. The van der Waals surface area contributed by atoms with Crippen molar-refractivity contribution in [3.8, 4) is 0 Å². The van der Waals surface area contributed by atoms with E-state index >= 15 is 0 Å². The molecule has 0 aliphatic carbocycles. The summed E-state index contributed by atoms with van der Waals surface area (Å²) in [6, 6.07) is -0.577. The highest BCUT2D eigenvalue weighted by atomic mass is 31.2. The predicted octanol–water partition coefficient (Wildman–Crippen LogP) is 3.70. The molecule has 0 aromatic heterocycles. The van der Waals surface area contributed by atoms with Crippen LogP contribution in [0.15, 0.2) is 0 Å². The summed E-state index contributed by atoms with van der Waals surface area (Å²) in [5, 5.41) is 11.4. The maximum atomic E-state index is 12.2. The number of carbonyl (C=O) groups excluding carboxylic acids is 1. The van der Waals surface area contributed by atoms with Crippen LogP contribution >= 0.6 is 7.82 Å². The summed E-state index contributed by atoms with van der Waals surface area (Å²) in [6.45, 7) is 3.82. The number of aliphatic hydroxyl groups excluding tert-OH is 1. The Kier molecular flexibility index (Phi) is 20.1. The molecule has 30 heavy (non-hydrogen) atoms. The third-order valence-electron chi connectivity index (χ3n) is 4.56. The fourth-order valence-corrected chi connectivity index (χ4v) is 3.69. The van der Waals surface area contributed by atoms with E-state index in [2.05, 4.69) is 16.8 Å². The first-order valence-corrected chi connectivity index (χ1v) is 13.0. The van der Waals surface area contributed by atoms with E-state index in [9.17, 15) is 14.3 Å². The molecule has 9 heteroatoms. The second-order valence-corrected chi connectivity index (χ2v) is 8.98. The topological polar surface area (TPSA) is 117 Å². The number of ether oxygens (including phenoxy) is 1. The number of hydrogen-bond acceptors (Lipinski definition) is 7. The lowest BCUT2D eigenvalue weighted by atomic mass is 10.1. The Bertz CT molecular complexity index is 451. The van der Waals surface area contributed by atoms with Gasteiger partial charge in [-0.1, -0.05) is 71.6 Å². The summed E-state index contributed by atoms with van der Waals surface area (Å²) in [4.78, 5) is 23.8. The molecule has 0 aromatic carbocycles. The molecular formula is C21H43NO7P-. The molecule has 0 aliphatic heterocycles. The van der Waals surface area contributed by atoms with Crippen LogP contribution in [0.1, 0.15) is 90.9 Å². The Balaban J connectivity index is 4.03. The second-order valence-electron chi connectivity index (χ2n) is 7.57. The van der Waals surface area contributed by atoms with Crippen LogP contribution in [0.2, 0.25) is 0 Å². The second kappa shape index (κ2) is 20.4. The maximum Gasteiger partial charge on any atom is 0.268 e. The Morgan fingerprint density at radius 1 is 0.900 bits per heavy atom. The molecule has 180 valence electrons. The van der Waals surface area contributed by atoms with E-state index < -0.39 is 20.5 Å². The van der Waals surface area contributed by atoms with E-state index in [4.69, 9.17) is 14.4 Å². The summed E-state index contributed by atoms with van der Waals surface area (Å²) >= 11 is 0. The monoisotopic (exact) mass is 452 g/mol. The number of hydrogen-bond donors (Lipinski definition) is 2. The van der Waals surface area contributed by atoms with Crippen molar-refractivity contribution in [3.05, 3.63) is 0 Å². The standard InChI is InChI=1S/C21H44NO7P/c1-3-5-6-7-8-9-10-11-12-13-14-21(24)22-20(18-27-16-4-2)19-29-30(25,26)28-17-15-23/h20,23H,3-19H2,1-2H3,(H,22,24)(H,25,26)/p-1. The predicted molar refractivity (Wildman–Crippen MR) is 116 cm³/mol. The fourth-order valence-electron chi connectivity index (χ4n) is 2.95. The van der Waals surface area contributed by atoms with Gasteiger partial charge in [-0.05, 0) is 12.8 Å². The lowest BCUT2D eigenvalue weighted by molar-refractivity contribution is -0.226. The molecule has 0 heterocycles. The number of phosphoric ester groups is 1. The molecule has 0 saturated heterocycles. The minimum atomic E-state index is -4.51. The smallest absolute Gasteiger partial charge is 0.268 e. The van der Waals surface area contributed by atoms with E-state index in [1.165, 1.54) is 44.9 Å². The molecule has 0 bridgehead atoms. The zero-order chi connectivity index (χ0) is 22.5. The largest absolute Gasteiger partial charge is 0.756 e. The van der Waals surface area contributed by atoms with Crippen LogP contribution in [0.4, 0.5) is 0 Å². The number of unbranched alkanes of at least 4 members (excludes halogenated alkanes) is 9. The van der Waals surface area contributed by atoms with E-state index in [1.807, 2.05) is 6.92 Å². The van der Waals surface area contributed by atoms with Crippen molar-refractivity contribution in [2.75, 3.05) is 33.0 Å². The van der Waals surface area contributed by atoms with Gasteiger partial charge in [0, 0.05) is 13.0 Å². The van der Waals surface area contributed by atoms with Crippen molar-refractivity contribution >= 4 is 13.7 Å². The van der Waals surface area contributed by atoms with Crippen LogP contribution in [0.5, 0.6) is 0 Å². The summed E-state index contributed by atoms with van der Waals surface area (Å²) in [7, 11) is -4.51. The Morgan fingerprint density at radius 3 is 2.07 bits per heavy atom. The van der Waals surface area contributed by atoms with Gasteiger partial charge in [0.15, 0.2) is 0 Å². The first-order valence-electron chi connectivity index (χ1n) is 11.5. The van der Waals surface area contributed by atoms with E-state index in [0.29, 0.717) is 13.0 Å². The Hall–Kier alpha value is -0.500. The fraction of sp³-hybridized carbons (Fsp3) is 0.952. The first-order chi connectivity index (χ1) is 14.4. The van der Waals surface area contributed by atoms with Crippen molar-refractivity contribution < 1.29 is 33.1 Å². The van der Waals surface area contributed by atoms with Gasteiger partial charge in [-0.15, -0.1) is 0 Å². The van der Waals surface area contributed by atoms with Crippen molar-refractivity contribution in [1.82, 2.24) is 5.32 Å². The van der Waals surface area contributed by atoms with Gasteiger partial charge in [0.1, 0.15) is 0 Å². The summed E-state index contributed by atoms with van der Waals surface area (Å²) in [5.41, 5.74) is 0. The molecule has 0 saturated carbocycles. The average Bonchev–Trinajstić information content (AvgIpc) is 2.72. The van der Waals surface area contributed by atoms with Gasteiger partial charge in [0.25, 0.3) is 7.82 Å². The third-order valence-corrected chi connectivity index (χ3v) is 5.53. The highest BCUT2D eigenvalue weighted by Gasteiger charge is 2.17. The normalized spacial score (nSPS) is 14.4. The van der Waals surface area contributed by atoms with E-state index in [-0.39, 0.29) is 25.7 Å². The number of carbonyl (C=O) groups is 1. The van der Waals surface area contributed by atoms with Crippen LogP contribution in [0.3, 0.4) is 0 Å². The zero-order valence-electron chi connectivity index (χ0n) is 18.9. The van der Waals surface area contributed by atoms with Gasteiger partial charge in [-0.25, -0.2) is 0 Å². The lowest BCUT2D eigenvalue weighted by Gasteiger charge is -2.26. The van der Waals surface area contributed by atoms with Crippen LogP contribution in [0, 0.1) is 0 Å². The highest BCUT2D eigenvalue weighted by Crippen LogP contribution is 2.37. The Labute approximate surface area is 182 Å². The molecule has 0 radical (unpaired) electrons. The van der Waals surface area contributed by atoms with Gasteiger partial charge < -0.3 is 29.1 Å². The average molecular weight is 453 g/mol. The number of nitrogens with one attached hydrogen (secondary N) is 1. The van der Waals surface area contributed by atoms with Crippen molar-refractivity contribution in [3.63, 3.8) is 0 Å². The van der Waals surface area contributed by atoms with Gasteiger partial charge in [-0.3, -0.25) is 9.36 Å². The summed E-state index contributed by atoms with van der Waals surface area (Å²) < 4.78 is 26.3. The molecule has 0 aromatic rings. The van der Waals surface area contributed by atoms with E-state index in [1.54, 1.807) is 0 Å². The zero-order valence-corrected chi connectivity index (χ0v) is 19.8. The molecule has 0 spiro atoms. The maximum absolute atomic E-state index is 12.2. The molecule has 8 nitrogen and oxygen atoms in total. The van der Waals surface area contributed by atoms with Gasteiger partial charge in [0.05, 0.1) is 32.5 Å². The molecule has 2 unspecified atom stereocenters. The van der Waals surface area contributed by atoms with Crippen LogP contribution < -0.4 is 10.2 Å². The number of rotatable bonds is 22. The molecule has 1 amide bonds. The minimum absolute atomic E-state index is 0.139. The minimum Gasteiger partial charge on any atom is -0.756 e. The van der Waals surface area contributed by atoms with E-state index in [0.717, 1.165) is 25.7 Å². The Morgan fingerprint density at radius 2 is 1.50 bits per heavy atom. The van der Waals surface area contributed by atoms with Crippen LogP contribution in [0.25, 0.3) is 0 Å². The molecular weight excluding hydrogens is 409 g/mol. The van der Waals surface area contributed by atoms with Gasteiger partial charge >= 0.3 is 0 Å². The first kappa shape index (κ1) is 29.5. The van der Waals surface area contributed by atoms with Gasteiger partial charge in [0.2, 0.25) is 5.91 Å². The molecule has 2 atom stereocenters. The SMILES string of the molecule is CCCCCCCCCCCCC(=O)NC(COCCC)COP(=O)([O-])OCCO. The lowest BCUT2D eigenvalue weighted by Crippen LogP contribution is -2.41. The molecule has 0 aliphatic rings. The molecule has 0 rings (SSSR count). The van der Waals surface area contributed by atoms with Crippen molar-refractivity contribution in [1.29, 1.82) is 0 Å². The number of phosphoric acid groups is 1. The highest BCUT2D eigenvalue weighted by molar-refractivity contribution is 7.45. The van der Waals surface area contributed by atoms with Crippen molar-refractivity contribution in [2.24, 2.45) is 0 Å². The number of amides is 1. The van der Waals surface area contributed by atoms with Crippen LogP contribution in [-0.2, 0) is 23.1 Å². The molecule has 2 N–H and O–H groups in total. The summed E-state index contributed by atoms with van der Waals surface area (Å²) in [5.74, 6) is -0.139. The third kappa shape index (κ3) is 19.5. The quantitative estimate of drug-likeness (QED) is 0.190.